The lowest BCUT2D eigenvalue weighted by Crippen LogP contribution is -2.49. The van der Waals surface area contributed by atoms with Gasteiger partial charge in [-0.25, -0.2) is 4.79 Å². The van der Waals surface area contributed by atoms with Gasteiger partial charge in [0.1, 0.15) is 12.6 Å². The summed E-state index contributed by atoms with van der Waals surface area (Å²) in [5.74, 6) is -1.87. The van der Waals surface area contributed by atoms with E-state index in [0.717, 1.165) is 22.3 Å². The minimum atomic E-state index is -0.905. The number of nitrogens with one attached hydrogen (secondary N) is 2. The third-order valence-electron chi connectivity index (χ3n) is 6.07. The van der Waals surface area contributed by atoms with Crippen LogP contribution >= 0.6 is 0 Å². The molecule has 0 fully saturated rings. The van der Waals surface area contributed by atoms with Gasteiger partial charge in [-0.15, -0.1) is 0 Å². The molecule has 2 unspecified atom stereocenters. The summed E-state index contributed by atoms with van der Waals surface area (Å²) < 4.78 is 5.60. The van der Waals surface area contributed by atoms with Crippen LogP contribution in [-0.2, 0) is 14.3 Å². The lowest BCUT2D eigenvalue weighted by molar-refractivity contribution is -0.141. The fraction of sp³-hybridized carbons (Fsp3) is 0.444. The summed E-state index contributed by atoms with van der Waals surface area (Å²) >= 11 is 0. The molecule has 2 atom stereocenters. The van der Waals surface area contributed by atoms with Crippen LogP contribution in [0.2, 0.25) is 0 Å². The van der Waals surface area contributed by atoms with E-state index in [1.54, 1.807) is 6.92 Å². The highest BCUT2D eigenvalue weighted by Gasteiger charge is 2.31. The molecule has 1 aliphatic carbocycles. The highest BCUT2D eigenvalue weighted by molar-refractivity contribution is 5.86. The highest BCUT2D eigenvalue weighted by atomic mass is 16.5. The fourth-order valence-corrected chi connectivity index (χ4v) is 4.26. The van der Waals surface area contributed by atoms with E-state index in [9.17, 15) is 14.4 Å². The number of carboxylic acid groups (broad SMARTS) is 1. The Morgan fingerprint density at radius 2 is 1.56 bits per heavy atom. The van der Waals surface area contributed by atoms with E-state index < -0.39 is 24.0 Å². The molecule has 0 spiro atoms. The van der Waals surface area contributed by atoms with Gasteiger partial charge in [0.25, 0.3) is 0 Å². The van der Waals surface area contributed by atoms with Gasteiger partial charge in [0.2, 0.25) is 5.91 Å². The van der Waals surface area contributed by atoms with Crippen LogP contribution < -0.4 is 10.6 Å². The topological polar surface area (TPSA) is 105 Å². The standard InChI is InChI=1S/C27H34N2O5/c1-17(25(31)32)13-14-28-24(30)23(15-27(2,3)4)29-26(33)34-16-22-20-11-7-5-9-18(20)19-10-6-8-12-21(19)22/h5-12,17,22-23H,13-16H2,1-4H3,(H,28,30)(H,29,33)(H,31,32). The molecule has 182 valence electrons. The maximum Gasteiger partial charge on any atom is 0.407 e. The molecule has 2 amide bonds. The summed E-state index contributed by atoms with van der Waals surface area (Å²) in [4.78, 5) is 36.5. The number of benzene rings is 2. The van der Waals surface area contributed by atoms with Crippen LogP contribution in [0, 0.1) is 11.3 Å². The molecule has 2 aromatic carbocycles. The van der Waals surface area contributed by atoms with Gasteiger partial charge in [0, 0.05) is 12.5 Å². The lowest BCUT2D eigenvalue weighted by atomic mass is 9.88. The van der Waals surface area contributed by atoms with Crippen molar-refractivity contribution in [1.29, 1.82) is 0 Å². The quantitative estimate of drug-likeness (QED) is 0.503. The van der Waals surface area contributed by atoms with Gasteiger partial charge in [-0.05, 0) is 40.5 Å². The van der Waals surface area contributed by atoms with Crippen LogP contribution in [-0.4, -0.2) is 42.3 Å². The Morgan fingerprint density at radius 1 is 1.00 bits per heavy atom. The molecule has 3 N–H and O–H groups in total. The normalized spacial score (nSPS) is 14.5. The molecule has 0 radical (unpaired) electrons. The van der Waals surface area contributed by atoms with Crippen molar-refractivity contribution >= 4 is 18.0 Å². The summed E-state index contributed by atoms with van der Waals surface area (Å²) in [6.07, 6.45) is 0.0800. The third-order valence-corrected chi connectivity index (χ3v) is 6.07. The first-order chi connectivity index (χ1) is 16.1. The summed E-state index contributed by atoms with van der Waals surface area (Å²) in [6.45, 7) is 7.94. The van der Waals surface area contributed by atoms with E-state index in [2.05, 4.69) is 34.9 Å². The maximum absolute atomic E-state index is 12.8. The van der Waals surface area contributed by atoms with Crippen molar-refractivity contribution in [3.63, 3.8) is 0 Å². The number of carbonyl (C=O) groups is 3. The maximum atomic E-state index is 12.8. The van der Waals surface area contributed by atoms with Gasteiger partial charge in [-0.1, -0.05) is 76.2 Å². The second kappa shape index (κ2) is 10.7. The molecule has 7 nitrogen and oxygen atoms in total. The summed E-state index contributed by atoms with van der Waals surface area (Å²) in [6, 6.07) is 15.4. The van der Waals surface area contributed by atoms with E-state index in [-0.39, 0.29) is 30.4 Å². The third kappa shape index (κ3) is 6.37. The zero-order valence-corrected chi connectivity index (χ0v) is 20.3. The monoisotopic (exact) mass is 466 g/mol. The first-order valence-electron chi connectivity index (χ1n) is 11.7. The van der Waals surface area contributed by atoms with Gasteiger partial charge < -0.3 is 20.5 Å². The summed E-state index contributed by atoms with van der Waals surface area (Å²) in [7, 11) is 0. The Hall–Kier alpha value is -3.35. The number of fused-ring (bicyclic) bond motifs is 3. The van der Waals surface area contributed by atoms with E-state index in [1.807, 2.05) is 45.0 Å². The Balaban J connectivity index is 1.62. The Labute approximate surface area is 200 Å². The van der Waals surface area contributed by atoms with Crippen LogP contribution in [0.5, 0.6) is 0 Å². The van der Waals surface area contributed by atoms with E-state index in [4.69, 9.17) is 9.84 Å². The van der Waals surface area contributed by atoms with Crippen molar-refractivity contribution in [2.24, 2.45) is 11.3 Å². The van der Waals surface area contributed by atoms with Crippen molar-refractivity contribution in [1.82, 2.24) is 10.6 Å². The Kier molecular flexibility index (Phi) is 7.97. The zero-order valence-electron chi connectivity index (χ0n) is 20.3. The molecule has 2 aromatic rings. The number of carboxylic acids is 1. The molecule has 0 aliphatic heterocycles. The van der Waals surface area contributed by atoms with Crippen molar-refractivity contribution < 1.29 is 24.2 Å². The fourth-order valence-electron chi connectivity index (χ4n) is 4.26. The largest absolute Gasteiger partial charge is 0.481 e. The average molecular weight is 467 g/mol. The summed E-state index contributed by atoms with van der Waals surface area (Å²) in [5, 5.41) is 14.5. The first kappa shape index (κ1) is 25.3. The number of alkyl carbamates (subject to hydrolysis) is 1. The van der Waals surface area contributed by atoms with Gasteiger partial charge in [0.05, 0.1) is 5.92 Å². The van der Waals surface area contributed by atoms with Gasteiger partial charge in [0.15, 0.2) is 0 Å². The van der Waals surface area contributed by atoms with Crippen LogP contribution in [0.15, 0.2) is 48.5 Å². The zero-order chi connectivity index (χ0) is 24.9. The number of aliphatic carboxylic acids is 1. The molecule has 0 saturated heterocycles. The van der Waals surface area contributed by atoms with Crippen molar-refractivity contribution in [3.8, 4) is 11.1 Å². The smallest absolute Gasteiger partial charge is 0.407 e. The van der Waals surface area contributed by atoms with Gasteiger partial charge >= 0.3 is 12.1 Å². The van der Waals surface area contributed by atoms with Crippen LogP contribution in [0.25, 0.3) is 11.1 Å². The molecule has 3 rings (SSSR count). The number of carbonyl (C=O) groups excluding carboxylic acids is 2. The van der Waals surface area contributed by atoms with Gasteiger partial charge in [-0.3, -0.25) is 9.59 Å². The number of hydrogen-bond acceptors (Lipinski definition) is 4. The molecule has 0 aromatic heterocycles. The van der Waals surface area contributed by atoms with Crippen molar-refractivity contribution in [2.45, 2.75) is 52.5 Å². The number of hydrogen-bond donors (Lipinski definition) is 3. The average Bonchev–Trinajstić information content (AvgIpc) is 3.10. The minimum Gasteiger partial charge on any atom is -0.481 e. The lowest BCUT2D eigenvalue weighted by Gasteiger charge is -2.26. The number of rotatable bonds is 9. The predicted molar refractivity (Wildman–Crippen MR) is 130 cm³/mol. The van der Waals surface area contributed by atoms with Gasteiger partial charge in [-0.2, -0.15) is 0 Å². The predicted octanol–water partition coefficient (Wildman–Crippen LogP) is 4.56. The minimum absolute atomic E-state index is 0.0643. The Morgan fingerprint density at radius 3 is 2.09 bits per heavy atom. The van der Waals surface area contributed by atoms with Crippen molar-refractivity contribution in [2.75, 3.05) is 13.2 Å². The van der Waals surface area contributed by atoms with Crippen molar-refractivity contribution in [3.05, 3.63) is 59.7 Å². The molecular formula is C27H34N2O5. The van der Waals surface area contributed by atoms with E-state index in [1.165, 1.54) is 0 Å². The molecule has 1 aliphatic rings. The highest BCUT2D eigenvalue weighted by Crippen LogP contribution is 2.44. The van der Waals surface area contributed by atoms with Crippen LogP contribution in [0.1, 0.15) is 57.6 Å². The van der Waals surface area contributed by atoms with Crippen LogP contribution in [0.3, 0.4) is 0 Å². The molecule has 0 heterocycles. The van der Waals surface area contributed by atoms with Crippen LogP contribution in [0.4, 0.5) is 4.79 Å². The second-order valence-electron chi connectivity index (χ2n) is 10.1. The molecule has 34 heavy (non-hydrogen) atoms. The second-order valence-corrected chi connectivity index (χ2v) is 10.1. The SMILES string of the molecule is CC(CCNC(=O)C(CC(C)(C)C)NC(=O)OCC1c2ccccc2-c2ccccc21)C(=O)O. The Bertz CT molecular complexity index is 998. The molecule has 7 heteroatoms. The summed E-state index contributed by atoms with van der Waals surface area (Å²) in [5.41, 5.74) is 4.31. The number of amides is 2. The van der Waals surface area contributed by atoms with E-state index in [0.29, 0.717) is 12.8 Å². The number of ether oxygens (including phenoxy) is 1. The van der Waals surface area contributed by atoms with E-state index >= 15 is 0 Å². The molecular weight excluding hydrogens is 432 g/mol. The first-order valence-corrected chi connectivity index (χ1v) is 11.7. The molecule has 0 saturated carbocycles. The molecule has 0 bridgehead atoms.